The molecular weight excluding hydrogens is 394 g/mol. The SMILES string of the molecule is CCOC(=O)OC(=O)CCN(C(=O)OCC)[C@@H](CCc1ccccc1)C(=O)OCC. The van der Waals surface area contributed by atoms with Crippen LogP contribution in [0.25, 0.3) is 0 Å². The minimum atomic E-state index is -1.11. The van der Waals surface area contributed by atoms with E-state index in [0.717, 1.165) is 10.5 Å². The van der Waals surface area contributed by atoms with Gasteiger partial charge in [-0.2, -0.15) is 0 Å². The third-order valence-corrected chi connectivity index (χ3v) is 4.00. The van der Waals surface area contributed by atoms with E-state index >= 15 is 0 Å². The number of hydrogen-bond donors (Lipinski definition) is 0. The van der Waals surface area contributed by atoms with Crippen molar-refractivity contribution in [2.45, 2.75) is 46.1 Å². The van der Waals surface area contributed by atoms with Crippen molar-refractivity contribution in [3.63, 3.8) is 0 Å². The van der Waals surface area contributed by atoms with E-state index < -0.39 is 30.2 Å². The van der Waals surface area contributed by atoms with Crippen molar-refractivity contribution in [2.75, 3.05) is 26.4 Å². The molecule has 9 heteroatoms. The Morgan fingerprint density at radius 3 is 2.13 bits per heavy atom. The van der Waals surface area contributed by atoms with Gasteiger partial charge in [-0.05, 0) is 39.2 Å². The summed E-state index contributed by atoms with van der Waals surface area (Å²) in [7, 11) is 0. The first kappa shape index (κ1) is 24.9. The van der Waals surface area contributed by atoms with Gasteiger partial charge >= 0.3 is 24.2 Å². The maximum atomic E-state index is 12.6. The molecule has 0 aliphatic heterocycles. The van der Waals surface area contributed by atoms with Crippen LogP contribution >= 0.6 is 0 Å². The van der Waals surface area contributed by atoms with Crippen LogP contribution in [0.2, 0.25) is 0 Å². The molecule has 1 amide bonds. The summed E-state index contributed by atoms with van der Waals surface area (Å²) >= 11 is 0. The average Bonchev–Trinajstić information content (AvgIpc) is 2.71. The first-order valence-electron chi connectivity index (χ1n) is 9.94. The van der Waals surface area contributed by atoms with Crippen molar-refractivity contribution in [1.29, 1.82) is 0 Å². The highest BCUT2D eigenvalue weighted by atomic mass is 16.7. The van der Waals surface area contributed by atoms with Crippen LogP contribution in [0.4, 0.5) is 9.59 Å². The Balaban J connectivity index is 2.92. The Bertz CT molecular complexity index is 692. The molecule has 0 saturated carbocycles. The molecule has 0 unspecified atom stereocenters. The molecule has 1 aromatic rings. The second kappa shape index (κ2) is 14.0. The highest BCUT2D eigenvalue weighted by molar-refractivity contribution is 5.84. The van der Waals surface area contributed by atoms with Gasteiger partial charge in [-0.1, -0.05) is 30.3 Å². The number of amides is 1. The lowest BCUT2D eigenvalue weighted by Gasteiger charge is -2.29. The maximum absolute atomic E-state index is 12.6. The summed E-state index contributed by atoms with van der Waals surface area (Å²) in [4.78, 5) is 49.4. The molecule has 30 heavy (non-hydrogen) atoms. The zero-order chi connectivity index (χ0) is 22.4. The monoisotopic (exact) mass is 423 g/mol. The van der Waals surface area contributed by atoms with Crippen LogP contribution in [0.5, 0.6) is 0 Å². The van der Waals surface area contributed by atoms with Crippen LogP contribution in [-0.2, 0) is 35.0 Å². The third kappa shape index (κ3) is 8.93. The van der Waals surface area contributed by atoms with Gasteiger partial charge in [0.15, 0.2) is 0 Å². The van der Waals surface area contributed by atoms with Gasteiger partial charge in [-0.25, -0.2) is 14.4 Å². The summed E-state index contributed by atoms with van der Waals surface area (Å²) in [6.45, 7) is 4.98. The molecule has 0 aliphatic carbocycles. The van der Waals surface area contributed by atoms with Crippen molar-refractivity contribution in [2.24, 2.45) is 0 Å². The normalized spacial score (nSPS) is 11.2. The fraction of sp³-hybridized carbons (Fsp3) is 0.524. The van der Waals surface area contributed by atoms with Crippen molar-refractivity contribution in [1.82, 2.24) is 4.90 Å². The van der Waals surface area contributed by atoms with E-state index in [1.54, 1.807) is 20.8 Å². The smallest absolute Gasteiger partial charge is 0.464 e. The minimum Gasteiger partial charge on any atom is -0.464 e. The van der Waals surface area contributed by atoms with Gasteiger partial charge in [0.1, 0.15) is 6.04 Å². The van der Waals surface area contributed by atoms with Gasteiger partial charge in [0.25, 0.3) is 0 Å². The zero-order valence-corrected chi connectivity index (χ0v) is 17.6. The number of nitrogens with zero attached hydrogens (tertiary/aromatic N) is 1. The van der Waals surface area contributed by atoms with E-state index in [1.165, 1.54) is 0 Å². The molecule has 0 aromatic heterocycles. The average molecular weight is 423 g/mol. The molecule has 0 aliphatic rings. The summed E-state index contributed by atoms with van der Waals surface area (Å²) < 4.78 is 19.2. The van der Waals surface area contributed by atoms with E-state index in [9.17, 15) is 19.2 Å². The lowest BCUT2D eigenvalue weighted by atomic mass is 10.0. The molecule has 166 valence electrons. The lowest BCUT2D eigenvalue weighted by molar-refractivity contribution is -0.150. The summed E-state index contributed by atoms with van der Waals surface area (Å²) in [5, 5.41) is 0. The number of rotatable bonds is 11. The van der Waals surface area contributed by atoms with Crippen LogP contribution in [0, 0.1) is 0 Å². The Hall–Kier alpha value is -3.10. The summed E-state index contributed by atoms with van der Waals surface area (Å²) in [6.07, 6.45) is -1.41. The fourth-order valence-corrected chi connectivity index (χ4v) is 2.67. The highest BCUT2D eigenvalue weighted by Gasteiger charge is 2.32. The van der Waals surface area contributed by atoms with E-state index in [4.69, 9.17) is 9.47 Å². The van der Waals surface area contributed by atoms with Crippen LogP contribution < -0.4 is 0 Å². The number of carbonyl (C=O) groups excluding carboxylic acids is 4. The van der Waals surface area contributed by atoms with Crippen molar-refractivity contribution < 1.29 is 38.1 Å². The van der Waals surface area contributed by atoms with E-state index in [0.29, 0.717) is 6.42 Å². The van der Waals surface area contributed by atoms with Crippen LogP contribution in [0.15, 0.2) is 30.3 Å². The Kier molecular flexibility index (Phi) is 11.6. The van der Waals surface area contributed by atoms with Crippen molar-refractivity contribution in [3.05, 3.63) is 35.9 Å². The predicted octanol–water partition coefficient (Wildman–Crippen LogP) is 3.10. The largest absolute Gasteiger partial charge is 0.516 e. The standard InChI is InChI=1S/C21H29NO8/c1-4-27-19(24)17(13-12-16-10-8-7-9-11-16)22(20(25)28-5-2)15-14-18(23)30-21(26)29-6-3/h7-11,17H,4-6,12-15H2,1-3H3/t17-/m0/s1. The van der Waals surface area contributed by atoms with Crippen molar-refractivity contribution >= 4 is 24.2 Å². The Morgan fingerprint density at radius 2 is 1.53 bits per heavy atom. The summed E-state index contributed by atoms with van der Waals surface area (Å²) in [6, 6.07) is 8.50. The highest BCUT2D eigenvalue weighted by Crippen LogP contribution is 2.15. The molecule has 0 bridgehead atoms. The quantitative estimate of drug-likeness (QED) is 0.303. The Labute approximate surface area is 176 Å². The van der Waals surface area contributed by atoms with Gasteiger partial charge < -0.3 is 18.9 Å². The maximum Gasteiger partial charge on any atom is 0.516 e. The molecule has 0 fully saturated rings. The van der Waals surface area contributed by atoms with Crippen LogP contribution in [0.1, 0.15) is 39.2 Å². The topological polar surface area (TPSA) is 108 Å². The number of hydrogen-bond acceptors (Lipinski definition) is 8. The van der Waals surface area contributed by atoms with Crippen LogP contribution in [0.3, 0.4) is 0 Å². The molecule has 1 rings (SSSR count). The Morgan fingerprint density at radius 1 is 0.900 bits per heavy atom. The number of ether oxygens (including phenoxy) is 4. The number of aryl methyl sites for hydroxylation is 1. The first-order valence-corrected chi connectivity index (χ1v) is 9.94. The molecule has 0 radical (unpaired) electrons. The lowest BCUT2D eigenvalue weighted by Crippen LogP contribution is -2.47. The van der Waals surface area contributed by atoms with Crippen LogP contribution in [-0.4, -0.2) is 61.5 Å². The minimum absolute atomic E-state index is 0.0610. The van der Waals surface area contributed by atoms with Gasteiger partial charge in [-0.3, -0.25) is 9.69 Å². The fourth-order valence-electron chi connectivity index (χ4n) is 2.67. The predicted molar refractivity (Wildman–Crippen MR) is 107 cm³/mol. The second-order valence-corrected chi connectivity index (χ2v) is 6.09. The molecule has 0 spiro atoms. The molecule has 0 saturated heterocycles. The number of benzene rings is 1. The van der Waals surface area contributed by atoms with E-state index in [-0.39, 0.29) is 39.2 Å². The summed E-state index contributed by atoms with van der Waals surface area (Å²) in [5.41, 5.74) is 0.984. The van der Waals surface area contributed by atoms with Gasteiger partial charge in [0.2, 0.25) is 0 Å². The second-order valence-electron chi connectivity index (χ2n) is 6.09. The van der Waals surface area contributed by atoms with Gasteiger partial charge in [0.05, 0.1) is 26.2 Å². The molecule has 1 atom stereocenters. The zero-order valence-electron chi connectivity index (χ0n) is 17.6. The molecular formula is C21H29NO8. The van der Waals surface area contributed by atoms with Crippen molar-refractivity contribution in [3.8, 4) is 0 Å². The van der Waals surface area contributed by atoms with E-state index in [2.05, 4.69) is 9.47 Å². The number of carbonyl (C=O) groups is 4. The van der Waals surface area contributed by atoms with E-state index in [1.807, 2.05) is 30.3 Å². The summed E-state index contributed by atoms with van der Waals surface area (Å²) in [5.74, 6) is -1.48. The van der Waals surface area contributed by atoms with Gasteiger partial charge in [0, 0.05) is 6.54 Å². The third-order valence-electron chi connectivity index (χ3n) is 4.00. The molecule has 0 N–H and O–H groups in total. The molecule has 0 heterocycles. The van der Waals surface area contributed by atoms with Gasteiger partial charge in [-0.15, -0.1) is 0 Å². The molecule has 1 aromatic carbocycles. The first-order chi connectivity index (χ1) is 14.4. The molecule has 9 nitrogen and oxygen atoms in total. The number of esters is 2.